The molecule has 1 heterocycles. The summed E-state index contributed by atoms with van der Waals surface area (Å²) < 4.78 is 9.95. The normalized spacial score (nSPS) is 9.80. The van der Waals surface area contributed by atoms with Crippen molar-refractivity contribution in [1.82, 2.24) is 4.98 Å². The molecule has 0 bridgehead atoms. The first-order valence-corrected chi connectivity index (χ1v) is 4.92. The third-order valence-electron chi connectivity index (χ3n) is 2.00. The zero-order valence-corrected chi connectivity index (χ0v) is 9.24. The SMILES string of the molecule is CCOc1cc(CC)cnc1C(=O)OC. The number of hydrogen-bond donors (Lipinski definition) is 0. The molecular weight excluding hydrogens is 194 g/mol. The second-order valence-electron chi connectivity index (χ2n) is 2.97. The molecule has 4 nitrogen and oxygen atoms in total. The molecule has 4 heteroatoms. The highest BCUT2D eigenvalue weighted by Crippen LogP contribution is 2.19. The van der Waals surface area contributed by atoms with Crippen molar-refractivity contribution in [3.05, 3.63) is 23.5 Å². The van der Waals surface area contributed by atoms with Gasteiger partial charge in [-0.3, -0.25) is 0 Å². The second-order valence-corrected chi connectivity index (χ2v) is 2.97. The van der Waals surface area contributed by atoms with E-state index in [2.05, 4.69) is 9.72 Å². The van der Waals surface area contributed by atoms with Gasteiger partial charge in [-0.05, 0) is 25.0 Å². The summed E-state index contributed by atoms with van der Waals surface area (Å²) in [6.45, 7) is 4.38. The molecular formula is C11H15NO3. The highest BCUT2D eigenvalue weighted by molar-refractivity contribution is 5.90. The van der Waals surface area contributed by atoms with Crippen molar-refractivity contribution < 1.29 is 14.3 Å². The lowest BCUT2D eigenvalue weighted by Gasteiger charge is -2.08. The zero-order chi connectivity index (χ0) is 11.3. The Hall–Kier alpha value is -1.58. The summed E-state index contributed by atoms with van der Waals surface area (Å²) in [6.07, 6.45) is 2.52. The number of esters is 1. The molecule has 1 rings (SSSR count). The van der Waals surface area contributed by atoms with Gasteiger partial charge in [0.25, 0.3) is 0 Å². The van der Waals surface area contributed by atoms with Crippen molar-refractivity contribution in [3.8, 4) is 5.75 Å². The van der Waals surface area contributed by atoms with Crippen LogP contribution in [0.15, 0.2) is 12.3 Å². The predicted octanol–water partition coefficient (Wildman–Crippen LogP) is 1.83. The van der Waals surface area contributed by atoms with Crippen molar-refractivity contribution in [2.75, 3.05) is 13.7 Å². The Morgan fingerprint density at radius 2 is 2.20 bits per heavy atom. The molecule has 0 aromatic carbocycles. The molecule has 0 saturated heterocycles. The van der Waals surface area contributed by atoms with E-state index >= 15 is 0 Å². The lowest BCUT2D eigenvalue weighted by atomic mass is 10.2. The molecule has 0 atom stereocenters. The average molecular weight is 209 g/mol. The topological polar surface area (TPSA) is 48.4 Å². The molecule has 0 spiro atoms. The van der Waals surface area contributed by atoms with Gasteiger partial charge >= 0.3 is 5.97 Å². The quantitative estimate of drug-likeness (QED) is 0.710. The summed E-state index contributed by atoms with van der Waals surface area (Å²) in [5, 5.41) is 0. The standard InChI is InChI=1S/C11H15NO3/c1-4-8-6-9(15-5-2)10(12-7-8)11(13)14-3/h6-7H,4-5H2,1-3H3. The maximum atomic E-state index is 11.3. The number of aromatic nitrogens is 1. The summed E-state index contributed by atoms with van der Waals surface area (Å²) in [4.78, 5) is 15.4. The number of rotatable bonds is 4. The Balaban J connectivity index is 3.08. The van der Waals surface area contributed by atoms with Gasteiger partial charge in [-0.15, -0.1) is 0 Å². The van der Waals surface area contributed by atoms with Gasteiger partial charge in [0.1, 0.15) is 0 Å². The molecule has 0 N–H and O–H groups in total. The van der Waals surface area contributed by atoms with Crippen molar-refractivity contribution in [2.24, 2.45) is 0 Å². The molecule has 0 amide bonds. The maximum absolute atomic E-state index is 11.3. The first kappa shape index (κ1) is 11.5. The Morgan fingerprint density at radius 3 is 2.73 bits per heavy atom. The third kappa shape index (κ3) is 2.68. The first-order valence-electron chi connectivity index (χ1n) is 4.92. The third-order valence-corrected chi connectivity index (χ3v) is 2.00. The van der Waals surface area contributed by atoms with E-state index in [0.717, 1.165) is 12.0 Å². The molecule has 15 heavy (non-hydrogen) atoms. The van der Waals surface area contributed by atoms with E-state index in [-0.39, 0.29) is 5.69 Å². The van der Waals surface area contributed by atoms with Crippen LogP contribution >= 0.6 is 0 Å². The van der Waals surface area contributed by atoms with Gasteiger partial charge in [0.05, 0.1) is 13.7 Å². The lowest BCUT2D eigenvalue weighted by molar-refractivity contribution is 0.0589. The van der Waals surface area contributed by atoms with E-state index < -0.39 is 5.97 Å². The molecule has 0 aliphatic heterocycles. The van der Waals surface area contributed by atoms with Crippen LogP contribution in [-0.2, 0) is 11.2 Å². The Bertz CT molecular complexity index is 350. The molecule has 0 aliphatic rings. The number of ether oxygens (including phenoxy) is 2. The molecule has 0 aliphatic carbocycles. The van der Waals surface area contributed by atoms with Crippen LogP contribution in [-0.4, -0.2) is 24.7 Å². The maximum Gasteiger partial charge on any atom is 0.360 e. The first-order chi connectivity index (χ1) is 7.22. The van der Waals surface area contributed by atoms with Gasteiger partial charge in [-0.2, -0.15) is 0 Å². The van der Waals surface area contributed by atoms with Crippen LogP contribution in [0.1, 0.15) is 29.9 Å². The van der Waals surface area contributed by atoms with Gasteiger partial charge in [-0.1, -0.05) is 6.92 Å². The molecule has 0 radical (unpaired) electrons. The van der Waals surface area contributed by atoms with Crippen molar-refractivity contribution in [3.63, 3.8) is 0 Å². The molecule has 1 aromatic heterocycles. The summed E-state index contributed by atoms with van der Waals surface area (Å²) in [5.41, 5.74) is 1.27. The van der Waals surface area contributed by atoms with Crippen molar-refractivity contribution >= 4 is 5.97 Å². The van der Waals surface area contributed by atoms with Crippen LogP contribution in [0.25, 0.3) is 0 Å². The number of hydrogen-bond acceptors (Lipinski definition) is 4. The predicted molar refractivity (Wildman–Crippen MR) is 56.1 cm³/mol. The van der Waals surface area contributed by atoms with E-state index in [1.807, 2.05) is 19.9 Å². The van der Waals surface area contributed by atoms with Crippen LogP contribution in [0.4, 0.5) is 0 Å². The monoisotopic (exact) mass is 209 g/mol. The highest BCUT2D eigenvalue weighted by atomic mass is 16.5. The van der Waals surface area contributed by atoms with Gasteiger partial charge in [0.15, 0.2) is 11.4 Å². The van der Waals surface area contributed by atoms with E-state index in [1.54, 1.807) is 6.20 Å². The van der Waals surface area contributed by atoms with Gasteiger partial charge in [0.2, 0.25) is 0 Å². The van der Waals surface area contributed by atoms with E-state index in [1.165, 1.54) is 7.11 Å². The molecule has 0 saturated carbocycles. The fourth-order valence-corrected chi connectivity index (χ4v) is 1.19. The largest absolute Gasteiger partial charge is 0.491 e. The number of nitrogens with zero attached hydrogens (tertiary/aromatic N) is 1. The van der Waals surface area contributed by atoms with Gasteiger partial charge in [0, 0.05) is 6.20 Å². The van der Waals surface area contributed by atoms with Crippen LogP contribution in [0.2, 0.25) is 0 Å². The Labute approximate surface area is 89.2 Å². The van der Waals surface area contributed by atoms with Gasteiger partial charge < -0.3 is 9.47 Å². The lowest BCUT2D eigenvalue weighted by Crippen LogP contribution is -2.08. The smallest absolute Gasteiger partial charge is 0.360 e. The zero-order valence-electron chi connectivity index (χ0n) is 9.24. The molecule has 1 aromatic rings. The Morgan fingerprint density at radius 1 is 1.47 bits per heavy atom. The van der Waals surface area contributed by atoms with E-state index in [0.29, 0.717) is 12.4 Å². The number of pyridine rings is 1. The minimum absolute atomic E-state index is 0.233. The fraction of sp³-hybridized carbons (Fsp3) is 0.455. The minimum Gasteiger partial charge on any atom is -0.491 e. The fourth-order valence-electron chi connectivity index (χ4n) is 1.19. The summed E-state index contributed by atoms with van der Waals surface area (Å²) in [7, 11) is 1.33. The van der Waals surface area contributed by atoms with Crippen molar-refractivity contribution in [1.29, 1.82) is 0 Å². The van der Waals surface area contributed by atoms with Crippen LogP contribution in [0.3, 0.4) is 0 Å². The Kier molecular flexibility index (Phi) is 4.09. The van der Waals surface area contributed by atoms with E-state index in [4.69, 9.17) is 4.74 Å². The second kappa shape index (κ2) is 5.34. The summed E-state index contributed by atoms with van der Waals surface area (Å²) in [6, 6.07) is 1.82. The number of carbonyl (C=O) groups is 1. The number of carbonyl (C=O) groups excluding carboxylic acids is 1. The minimum atomic E-state index is -0.471. The number of methoxy groups -OCH3 is 1. The van der Waals surface area contributed by atoms with Crippen molar-refractivity contribution in [2.45, 2.75) is 20.3 Å². The molecule has 0 unspecified atom stereocenters. The number of aryl methyl sites for hydroxylation is 1. The highest BCUT2D eigenvalue weighted by Gasteiger charge is 2.14. The molecule has 0 fully saturated rings. The summed E-state index contributed by atoms with van der Waals surface area (Å²) in [5.74, 6) is 0.0183. The van der Waals surface area contributed by atoms with Crippen LogP contribution in [0.5, 0.6) is 5.75 Å². The molecule has 82 valence electrons. The van der Waals surface area contributed by atoms with Crippen LogP contribution in [0, 0.1) is 0 Å². The van der Waals surface area contributed by atoms with Crippen LogP contribution < -0.4 is 4.74 Å². The van der Waals surface area contributed by atoms with E-state index in [9.17, 15) is 4.79 Å². The van der Waals surface area contributed by atoms with Gasteiger partial charge in [-0.25, -0.2) is 9.78 Å². The average Bonchev–Trinajstić information content (AvgIpc) is 2.28. The summed E-state index contributed by atoms with van der Waals surface area (Å²) >= 11 is 0.